The average molecular weight is 206 g/mol. The highest BCUT2D eigenvalue weighted by molar-refractivity contribution is 6.22. The molecule has 2 N–H and O–H groups in total. The second-order valence-corrected chi connectivity index (χ2v) is 5.29. The van der Waals surface area contributed by atoms with Crippen molar-refractivity contribution in [1.29, 1.82) is 0 Å². The lowest BCUT2D eigenvalue weighted by Gasteiger charge is -2.19. The van der Waals surface area contributed by atoms with E-state index in [4.69, 9.17) is 0 Å². The van der Waals surface area contributed by atoms with Gasteiger partial charge in [0.05, 0.1) is 0 Å². The molecule has 0 spiro atoms. The van der Waals surface area contributed by atoms with E-state index < -0.39 is 0 Å². The Morgan fingerprint density at radius 1 is 1.40 bits per heavy atom. The zero-order chi connectivity index (χ0) is 10.7. The average Bonchev–Trinajstić information content (AvgIpc) is 2.63. The summed E-state index contributed by atoms with van der Waals surface area (Å²) in [6.45, 7) is 4.71. The maximum atomic E-state index is 3.76. The lowest BCUT2D eigenvalue weighted by Crippen LogP contribution is -2.31. The molecular weight excluding hydrogens is 183 g/mol. The largest absolute Gasteiger partial charge is 0.385 e. The fourth-order valence-corrected chi connectivity index (χ4v) is 2.70. The van der Waals surface area contributed by atoms with Crippen LogP contribution in [0.3, 0.4) is 0 Å². The van der Waals surface area contributed by atoms with Crippen molar-refractivity contribution in [2.24, 2.45) is 5.92 Å². The van der Waals surface area contributed by atoms with E-state index in [0.29, 0.717) is 6.04 Å². The highest BCUT2D eigenvalue weighted by Crippen LogP contribution is 2.25. The van der Waals surface area contributed by atoms with Gasteiger partial charge < -0.3 is 10.6 Å². The molecule has 1 aliphatic heterocycles. The molecule has 0 aromatic heterocycles. The van der Waals surface area contributed by atoms with Crippen LogP contribution in [0.15, 0.2) is 11.2 Å². The van der Waals surface area contributed by atoms with Crippen molar-refractivity contribution in [3.05, 3.63) is 11.2 Å². The van der Waals surface area contributed by atoms with Gasteiger partial charge in [-0.2, -0.15) is 0 Å². The second-order valence-electron chi connectivity index (χ2n) is 5.29. The minimum Gasteiger partial charge on any atom is -0.385 e. The van der Waals surface area contributed by atoms with Crippen LogP contribution in [-0.2, 0) is 0 Å². The van der Waals surface area contributed by atoms with Crippen LogP contribution in [0.5, 0.6) is 0 Å². The molecular formula is C12H23BN2. The summed E-state index contributed by atoms with van der Waals surface area (Å²) < 4.78 is 0. The molecule has 1 aliphatic carbocycles. The fraction of sp³-hybridized carbons (Fsp3) is 0.833. The first-order chi connectivity index (χ1) is 7.25. The van der Waals surface area contributed by atoms with Gasteiger partial charge in [0, 0.05) is 18.3 Å². The zero-order valence-electron chi connectivity index (χ0n) is 10.1. The Kier molecular flexibility index (Phi) is 3.73. The number of rotatable bonds is 2. The molecule has 0 aromatic rings. The van der Waals surface area contributed by atoms with Crippen LogP contribution in [0.25, 0.3) is 0 Å². The van der Waals surface area contributed by atoms with Crippen molar-refractivity contribution in [3.63, 3.8) is 0 Å². The Hall–Kier alpha value is -0.435. The number of hydrogen-bond acceptors (Lipinski definition) is 2. The molecule has 2 rings (SSSR count). The lowest BCUT2D eigenvalue weighted by molar-refractivity contribution is 0.496. The van der Waals surface area contributed by atoms with Gasteiger partial charge in [-0.05, 0) is 31.7 Å². The topological polar surface area (TPSA) is 24.1 Å². The molecule has 2 nitrogen and oxygen atoms in total. The highest BCUT2D eigenvalue weighted by atomic mass is 15.0. The van der Waals surface area contributed by atoms with E-state index in [2.05, 4.69) is 25.4 Å². The molecule has 84 valence electrons. The third-order valence-electron chi connectivity index (χ3n) is 3.76. The maximum absolute atomic E-state index is 3.76. The molecule has 2 unspecified atom stereocenters. The molecule has 1 heterocycles. The molecule has 0 bridgehead atoms. The predicted octanol–water partition coefficient (Wildman–Crippen LogP) is 0.993. The summed E-state index contributed by atoms with van der Waals surface area (Å²) in [4.78, 5) is 0. The van der Waals surface area contributed by atoms with E-state index in [-0.39, 0.29) is 0 Å². The van der Waals surface area contributed by atoms with Crippen LogP contribution < -0.4 is 10.6 Å². The van der Waals surface area contributed by atoms with E-state index >= 15 is 0 Å². The minimum atomic E-state index is 0.681. The van der Waals surface area contributed by atoms with Gasteiger partial charge in [0.1, 0.15) is 7.85 Å². The first-order valence-corrected chi connectivity index (χ1v) is 6.41. The lowest BCUT2D eigenvalue weighted by atomic mass is 9.89. The Bertz CT molecular complexity index is 244. The molecule has 2 atom stereocenters. The van der Waals surface area contributed by atoms with Crippen LogP contribution in [0.1, 0.15) is 39.0 Å². The smallest absolute Gasteiger partial charge is 0.136 e. The second kappa shape index (κ2) is 5.06. The Morgan fingerprint density at radius 3 is 3.00 bits per heavy atom. The molecule has 3 heteroatoms. The summed E-state index contributed by atoms with van der Waals surface area (Å²) in [5, 5.41) is 7.17. The normalized spacial score (nSPS) is 32.9. The van der Waals surface area contributed by atoms with Crippen molar-refractivity contribution in [2.45, 2.75) is 45.1 Å². The first kappa shape index (κ1) is 11.1. The van der Waals surface area contributed by atoms with Crippen molar-refractivity contribution >= 4 is 7.85 Å². The predicted molar refractivity (Wildman–Crippen MR) is 67.6 cm³/mol. The fourth-order valence-electron chi connectivity index (χ4n) is 2.70. The van der Waals surface area contributed by atoms with Gasteiger partial charge in [-0.25, -0.2) is 0 Å². The summed E-state index contributed by atoms with van der Waals surface area (Å²) >= 11 is 0. The van der Waals surface area contributed by atoms with Crippen molar-refractivity contribution in [2.75, 3.05) is 13.1 Å². The van der Waals surface area contributed by atoms with Gasteiger partial charge in [-0.3, -0.25) is 0 Å². The van der Waals surface area contributed by atoms with Crippen LogP contribution in [0.2, 0.25) is 0 Å². The summed E-state index contributed by atoms with van der Waals surface area (Å²) in [6.07, 6.45) is 6.62. The number of allylic oxidation sites excluding steroid dienone is 2. The zero-order valence-corrected chi connectivity index (χ0v) is 10.1. The van der Waals surface area contributed by atoms with E-state index in [1.165, 1.54) is 38.6 Å². The van der Waals surface area contributed by atoms with Crippen LogP contribution >= 0.6 is 0 Å². The SMILES string of the molecule is BC1=C(NC2CCNC2)CC(C)CCC1. The van der Waals surface area contributed by atoms with Crippen molar-refractivity contribution in [1.82, 2.24) is 10.6 Å². The van der Waals surface area contributed by atoms with Gasteiger partial charge in [0.2, 0.25) is 0 Å². The first-order valence-electron chi connectivity index (χ1n) is 6.41. The summed E-state index contributed by atoms with van der Waals surface area (Å²) in [7, 11) is 2.31. The summed E-state index contributed by atoms with van der Waals surface area (Å²) in [5.74, 6) is 0.860. The standard InChI is InChI=1S/C12H23BN2/c1-9-3-2-4-11(13)12(7-9)15-10-5-6-14-8-10/h9-10,14-15H,2-8,13H2,1H3. The van der Waals surface area contributed by atoms with E-state index in [1.54, 1.807) is 11.2 Å². The quantitative estimate of drug-likeness (QED) is 0.658. The monoisotopic (exact) mass is 206 g/mol. The van der Waals surface area contributed by atoms with Gasteiger partial charge in [0.25, 0.3) is 0 Å². The Balaban J connectivity index is 1.96. The number of nitrogens with one attached hydrogen (secondary N) is 2. The third-order valence-corrected chi connectivity index (χ3v) is 3.76. The molecule has 1 fully saturated rings. The van der Waals surface area contributed by atoms with Crippen LogP contribution in [-0.4, -0.2) is 27.0 Å². The molecule has 0 radical (unpaired) electrons. The van der Waals surface area contributed by atoms with Gasteiger partial charge in [0.15, 0.2) is 0 Å². The van der Waals surface area contributed by atoms with Crippen molar-refractivity contribution in [3.8, 4) is 0 Å². The molecule has 0 amide bonds. The molecule has 0 aromatic carbocycles. The Labute approximate surface area is 94.3 Å². The van der Waals surface area contributed by atoms with Gasteiger partial charge in [-0.1, -0.05) is 25.2 Å². The van der Waals surface area contributed by atoms with Crippen LogP contribution in [0.4, 0.5) is 0 Å². The maximum Gasteiger partial charge on any atom is 0.136 e. The van der Waals surface area contributed by atoms with E-state index in [9.17, 15) is 0 Å². The summed E-state index contributed by atoms with van der Waals surface area (Å²) in [6, 6.07) is 0.681. The highest BCUT2D eigenvalue weighted by Gasteiger charge is 2.18. The molecule has 1 saturated heterocycles. The molecule has 0 saturated carbocycles. The third kappa shape index (κ3) is 3.01. The van der Waals surface area contributed by atoms with Gasteiger partial charge >= 0.3 is 0 Å². The molecule has 15 heavy (non-hydrogen) atoms. The number of hydrogen-bond donors (Lipinski definition) is 2. The van der Waals surface area contributed by atoms with Gasteiger partial charge in [-0.15, -0.1) is 0 Å². The summed E-state index contributed by atoms with van der Waals surface area (Å²) in [5.41, 5.74) is 3.15. The minimum absolute atomic E-state index is 0.681. The van der Waals surface area contributed by atoms with Crippen molar-refractivity contribution < 1.29 is 0 Å². The van der Waals surface area contributed by atoms with E-state index in [1.807, 2.05) is 0 Å². The molecule has 2 aliphatic rings. The van der Waals surface area contributed by atoms with Crippen LogP contribution in [0, 0.1) is 5.92 Å². The Morgan fingerprint density at radius 2 is 2.27 bits per heavy atom. The van der Waals surface area contributed by atoms with E-state index in [0.717, 1.165) is 12.5 Å².